The molecule has 1 atom stereocenters. The fourth-order valence-corrected chi connectivity index (χ4v) is 3.39. The molecule has 2 aliphatic heterocycles. The first-order valence-corrected chi connectivity index (χ1v) is 7.73. The molecule has 2 aliphatic rings. The molecule has 0 bridgehead atoms. The fourth-order valence-electron chi connectivity index (χ4n) is 3.39. The average Bonchev–Trinajstić information content (AvgIpc) is 3.02. The van der Waals surface area contributed by atoms with Crippen LogP contribution in [0.3, 0.4) is 0 Å². The third-order valence-corrected chi connectivity index (χ3v) is 4.36. The number of hydrogen-bond donors (Lipinski definition) is 1. The Hall–Kier alpha value is -2.47. The highest BCUT2D eigenvalue weighted by Gasteiger charge is 2.30. The van der Waals surface area contributed by atoms with Crippen molar-refractivity contribution in [3.63, 3.8) is 0 Å². The molecular formula is C17H18N2O4. The normalized spacial score (nSPS) is 20.1. The Morgan fingerprint density at radius 1 is 1.17 bits per heavy atom. The lowest BCUT2D eigenvalue weighted by molar-refractivity contribution is -0.139. The van der Waals surface area contributed by atoms with Gasteiger partial charge in [0, 0.05) is 25.0 Å². The fraction of sp³-hybridized carbons (Fsp3) is 0.353. The monoisotopic (exact) mass is 314 g/mol. The number of aliphatic carboxylic acids is 1. The van der Waals surface area contributed by atoms with Gasteiger partial charge in [0.2, 0.25) is 0 Å². The van der Waals surface area contributed by atoms with Crippen molar-refractivity contribution in [2.75, 3.05) is 26.3 Å². The zero-order valence-corrected chi connectivity index (χ0v) is 12.6. The minimum absolute atomic E-state index is 0.0181. The summed E-state index contributed by atoms with van der Waals surface area (Å²) in [4.78, 5) is 13.2. The number of carbonyl (C=O) groups is 1. The standard InChI is InChI=1S/C17H18N2O4/c20-16(21)11-19-7-6-18-5-1-2-13(18)17(19)12-3-4-14-15(10-12)23-9-8-22-14/h1-5,10,17H,6-9,11H2,(H,20,21). The van der Waals surface area contributed by atoms with Gasteiger partial charge < -0.3 is 19.1 Å². The highest BCUT2D eigenvalue weighted by Crippen LogP contribution is 2.38. The molecule has 1 unspecified atom stereocenters. The summed E-state index contributed by atoms with van der Waals surface area (Å²) in [5.74, 6) is 0.663. The van der Waals surface area contributed by atoms with Crippen LogP contribution in [0.4, 0.5) is 0 Å². The van der Waals surface area contributed by atoms with Gasteiger partial charge >= 0.3 is 5.97 Å². The molecule has 0 radical (unpaired) electrons. The van der Waals surface area contributed by atoms with Gasteiger partial charge in [-0.05, 0) is 29.8 Å². The minimum Gasteiger partial charge on any atom is -0.486 e. The van der Waals surface area contributed by atoms with Crippen molar-refractivity contribution in [1.82, 2.24) is 9.47 Å². The van der Waals surface area contributed by atoms with Crippen LogP contribution in [0.15, 0.2) is 36.5 Å². The molecule has 2 aromatic rings. The van der Waals surface area contributed by atoms with E-state index in [4.69, 9.17) is 9.47 Å². The zero-order chi connectivity index (χ0) is 15.8. The number of carboxylic acid groups (broad SMARTS) is 1. The number of nitrogens with zero attached hydrogens (tertiary/aromatic N) is 2. The second kappa shape index (κ2) is 5.62. The summed E-state index contributed by atoms with van der Waals surface area (Å²) >= 11 is 0. The van der Waals surface area contributed by atoms with Crippen molar-refractivity contribution in [2.45, 2.75) is 12.6 Å². The lowest BCUT2D eigenvalue weighted by Gasteiger charge is -2.36. The minimum atomic E-state index is -0.812. The van der Waals surface area contributed by atoms with Gasteiger partial charge in [-0.15, -0.1) is 0 Å². The Bertz CT molecular complexity index is 740. The Labute approximate surface area is 133 Å². The van der Waals surface area contributed by atoms with Gasteiger partial charge in [-0.2, -0.15) is 0 Å². The largest absolute Gasteiger partial charge is 0.486 e. The summed E-state index contributed by atoms with van der Waals surface area (Å²) in [5, 5.41) is 9.23. The summed E-state index contributed by atoms with van der Waals surface area (Å²) in [5.41, 5.74) is 2.13. The lowest BCUT2D eigenvalue weighted by atomic mass is 9.99. The molecular weight excluding hydrogens is 296 g/mol. The van der Waals surface area contributed by atoms with E-state index in [0.29, 0.717) is 19.8 Å². The Kier molecular flexibility index (Phi) is 3.46. The van der Waals surface area contributed by atoms with Crippen LogP contribution in [0.2, 0.25) is 0 Å². The smallest absolute Gasteiger partial charge is 0.317 e. The van der Waals surface area contributed by atoms with Crippen LogP contribution in [0.5, 0.6) is 11.5 Å². The van der Waals surface area contributed by atoms with Crippen molar-refractivity contribution in [3.8, 4) is 11.5 Å². The van der Waals surface area contributed by atoms with Crippen molar-refractivity contribution in [2.24, 2.45) is 0 Å². The van der Waals surface area contributed by atoms with Crippen LogP contribution in [-0.4, -0.2) is 46.8 Å². The van der Waals surface area contributed by atoms with Crippen LogP contribution in [0.25, 0.3) is 0 Å². The number of benzene rings is 1. The highest BCUT2D eigenvalue weighted by atomic mass is 16.6. The van der Waals surface area contributed by atoms with Crippen LogP contribution in [0, 0.1) is 0 Å². The summed E-state index contributed by atoms with van der Waals surface area (Å²) < 4.78 is 13.4. The molecule has 0 aliphatic carbocycles. The highest BCUT2D eigenvalue weighted by molar-refractivity contribution is 5.69. The van der Waals surface area contributed by atoms with Gasteiger partial charge in [-0.3, -0.25) is 9.69 Å². The predicted octanol–water partition coefficient (Wildman–Crippen LogP) is 1.75. The maximum atomic E-state index is 11.2. The summed E-state index contributed by atoms with van der Waals surface area (Å²) in [6.45, 7) is 2.62. The first-order valence-electron chi connectivity index (χ1n) is 7.73. The van der Waals surface area contributed by atoms with Gasteiger partial charge in [0.25, 0.3) is 0 Å². The van der Waals surface area contributed by atoms with Crippen LogP contribution < -0.4 is 9.47 Å². The van der Waals surface area contributed by atoms with E-state index < -0.39 is 5.97 Å². The molecule has 6 heteroatoms. The Morgan fingerprint density at radius 3 is 2.83 bits per heavy atom. The summed E-state index contributed by atoms with van der Waals surface area (Å²) in [7, 11) is 0. The Balaban J connectivity index is 1.75. The van der Waals surface area contributed by atoms with E-state index in [1.165, 1.54) is 0 Å². The van der Waals surface area contributed by atoms with Gasteiger partial charge in [0.15, 0.2) is 11.5 Å². The van der Waals surface area contributed by atoms with Gasteiger partial charge in [-0.25, -0.2) is 0 Å². The maximum absolute atomic E-state index is 11.2. The molecule has 0 saturated heterocycles. The number of carboxylic acids is 1. The average molecular weight is 314 g/mol. The zero-order valence-electron chi connectivity index (χ0n) is 12.6. The molecule has 4 rings (SSSR count). The maximum Gasteiger partial charge on any atom is 0.317 e. The SMILES string of the molecule is O=C(O)CN1CCn2cccc2C1c1ccc2c(c1)OCCO2. The molecule has 23 heavy (non-hydrogen) atoms. The van der Waals surface area contributed by atoms with Gasteiger partial charge in [0.05, 0.1) is 12.6 Å². The molecule has 1 N–H and O–H groups in total. The van der Waals surface area contributed by atoms with Gasteiger partial charge in [0.1, 0.15) is 13.2 Å². The third-order valence-electron chi connectivity index (χ3n) is 4.36. The van der Waals surface area contributed by atoms with Crippen LogP contribution in [0.1, 0.15) is 17.3 Å². The number of hydrogen-bond acceptors (Lipinski definition) is 4. The van der Waals surface area contributed by atoms with Crippen molar-refractivity contribution >= 4 is 5.97 Å². The first-order chi connectivity index (χ1) is 11.2. The van der Waals surface area contributed by atoms with E-state index >= 15 is 0 Å². The molecule has 120 valence electrons. The van der Waals surface area contributed by atoms with E-state index in [-0.39, 0.29) is 12.6 Å². The quantitative estimate of drug-likeness (QED) is 0.935. The van der Waals surface area contributed by atoms with E-state index in [9.17, 15) is 9.90 Å². The second-order valence-electron chi connectivity index (χ2n) is 5.80. The molecule has 0 amide bonds. The predicted molar refractivity (Wildman–Crippen MR) is 82.9 cm³/mol. The van der Waals surface area contributed by atoms with Crippen LogP contribution in [-0.2, 0) is 11.3 Å². The number of fused-ring (bicyclic) bond motifs is 2. The Morgan fingerprint density at radius 2 is 2.00 bits per heavy atom. The van der Waals surface area contributed by atoms with Crippen molar-refractivity contribution in [3.05, 3.63) is 47.8 Å². The van der Waals surface area contributed by atoms with Crippen molar-refractivity contribution in [1.29, 1.82) is 0 Å². The van der Waals surface area contributed by atoms with Gasteiger partial charge in [-0.1, -0.05) is 6.07 Å². The van der Waals surface area contributed by atoms with E-state index in [0.717, 1.165) is 29.3 Å². The first kappa shape index (κ1) is 14.1. The molecule has 0 saturated carbocycles. The van der Waals surface area contributed by atoms with E-state index in [2.05, 4.69) is 10.6 Å². The lowest BCUT2D eigenvalue weighted by Crippen LogP contribution is -2.41. The third kappa shape index (κ3) is 2.55. The van der Waals surface area contributed by atoms with E-state index in [1.54, 1.807) is 0 Å². The summed E-state index contributed by atoms with van der Waals surface area (Å²) in [6.07, 6.45) is 2.04. The molecule has 3 heterocycles. The second-order valence-corrected chi connectivity index (χ2v) is 5.80. The molecule has 0 fully saturated rings. The topological polar surface area (TPSA) is 63.9 Å². The number of ether oxygens (including phenoxy) is 2. The molecule has 1 aromatic carbocycles. The number of aromatic nitrogens is 1. The molecule has 0 spiro atoms. The summed E-state index contributed by atoms with van der Waals surface area (Å²) in [6, 6.07) is 9.84. The number of rotatable bonds is 3. The molecule has 1 aromatic heterocycles. The van der Waals surface area contributed by atoms with E-state index in [1.807, 2.05) is 35.4 Å². The van der Waals surface area contributed by atoms with Crippen LogP contribution >= 0.6 is 0 Å². The van der Waals surface area contributed by atoms with Crippen molar-refractivity contribution < 1.29 is 19.4 Å². The molecule has 6 nitrogen and oxygen atoms in total.